The lowest BCUT2D eigenvalue weighted by Gasteiger charge is -2.25. The standard InChI is InChI=1S/C22H22BrN5O5S2/c1-14-19(34-22(24-14)28-10-12-33-13-11-28)21(30)26-25-20(29)15-2-6-17(7-3-15)27-35(31,32)18-8-4-16(23)5-9-18/h2-9,27H,10-13H2,1H3,(H,25,29)(H,26,30). The normalized spacial score (nSPS) is 13.8. The third-order valence-electron chi connectivity index (χ3n) is 5.09. The van der Waals surface area contributed by atoms with Crippen LogP contribution >= 0.6 is 27.3 Å². The number of benzene rings is 2. The lowest BCUT2D eigenvalue weighted by Crippen LogP contribution is -2.41. The van der Waals surface area contributed by atoms with Crippen LogP contribution in [0.2, 0.25) is 0 Å². The Labute approximate surface area is 214 Å². The van der Waals surface area contributed by atoms with Gasteiger partial charge >= 0.3 is 0 Å². The number of anilines is 2. The van der Waals surface area contributed by atoms with Gasteiger partial charge in [0.1, 0.15) is 4.88 Å². The predicted molar refractivity (Wildman–Crippen MR) is 136 cm³/mol. The average molecular weight is 580 g/mol. The van der Waals surface area contributed by atoms with Gasteiger partial charge in [-0.25, -0.2) is 13.4 Å². The van der Waals surface area contributed by atoms with Crippen LogP contribution in [-0.2, 0) is 14.8 Å². The Bertz CT molecular complexity index is 1320. The van der Waals surface area contributed by atoms with Crippen LogP contribution in [-0.4, -0.2) is 51.5 Å². The molecule has 1 aliphatic rings. The van der Waals surface area contributed by atoms with Gasteiger partial charge < -0.3 is 9.64 Å². The lowest BCUT2D eigenvalue weighted by atomic mass is 10.2. The molecule has 2 aromatic carbocycles. The summed E-state index contributed by atoms with van der Waals surface area (Å²) in [6, 6.07) is 12.1. The molecule has 1 fully saturated rings. The molecule has 2 amide bonds. The molecule has 0 bridgehead atoms. The number of carbonyl (C=O) groups excluding carboxylic acids is 2. The number of nitrogens with one attached hydrogen (secondary N) is 3. The fraction of sp³-hybridized carbons (Fsp3) is 0.227. The second kappa shape index (κ2) is 10.7. The van der Waals surface area contributed by atoms with Gasteiger partial charge in [-0.1, -0.05) is 27.3 Å². The number of hydrazine groups is 1. The lowest BCUT2D eigenvalue weighted by molar-refractivity contribution is 0.0848. The quantitative estimate of drug-likeness (QED) is 0.383. The second-order valence-electron chi connectivity index (χ2n) is 7.56. The van der Waals surface area contributed by atoms with Crippen molar-refractivity contribution in [1.82, 2.24) is 15.8 Å². The summed E-state index contributed by atoms with van der Waals surface area (Å²) in [5, 5.41) is 0.739. The summed E-state index contributed by atoms with van der Waals surface area (Å²) in [6.07, 6.45) is 0. The number of aryl methyl sites for hydroxylation is 1. The van der Waals surface area contributed by atoms with Gasteiger partial charge in [0.05, 0.1) is 23.8 Å². The van der Waals surface area contributed by atoms with Crippen LogP contribution in [0.3, 0.4) is 0 Å². The predicted octanol–water partition coefficient (Wildman–Crippen LogP) is 2.93. The molecule has 0 radical (unpaired) electrons. The number of morpholine rings is 1. The minimum absolute atomic E-state index is 0.111. The Morgan fingerprint density at radius 2 is 1.63 bits per heavy atom. The van der Waals surface area contributed by atoms with E-state index < -0.39 is 21.8 Å². The first kappa shape index (κ1) is 25.1. The number of halogens is 1. The minimum Gasteiger partial charge on any atom is -0.378 e. The fourth-order valence-corrected chi connectivity index (χ4v) is 5.58. The molecule has 1 saturated heterocycles. The minimum atomic E-state index is -3.77. The summed E-state index contributed by atoms with van der Waals surface area (Å²) in [6.45, 7) is 4.38. The van der Waals surface area contributed by atoms with Crippen LogP contribution in [0.4, 0.5) is 10.8 Å². The van der Waals surface area contributed by atoms with E-state index in [4.69, 9.17) is 4.74 Å². The SMILES string of the molecule is Cc1nc(N2CCOCC2)sc1C(=O)NNC(=O)c1ccc(NS(=O)(=O)c2ccc(Br)cc2)cc1. The number of ether oxygens (including phenoxy) is 1. The van der Waals surface area contributed by atoms with Crippen molar-refractivity contribution in [3.8, 4) is 0 Å². The first-order valence-electron chi connectivity index (χ1n) is 10.5. The van der Waals surface area contributed by atoms with Crippen LogP contribution in [0.25, 0.3) is 0 Å². The van der Waals surface area contributed by atoms with Gasteiger partial charge in [-0.2, -0.15) is 0 Å². The zero-order valence-electron chi connectivity index (χ0n) is 18.6. The first-order valence-corrected chi connectivity index (χ1v) is 13.6. The number of carbonyl (C=O) groups is 2. The smallest absolute Gasteiger partial charge is 0.281 e. The van der Waals surface area contributed by atoms with Crippen molar-refractivity contribution in [3.63, 3.8) is 0 Å². The highest BCUT2D eigenvalue weighted by atomic mass is 79.9. The highest BCUT2D eigenvalue weighted by Crippen LogP contribution is 2.26. The Kier molecular flexibility index (Phi) is 7.69. The number of hydrogen-bond acceptors (Lipinski definition) is 8. The van der Waals surface area contributed by atoms with E-state index in [-0.39, 0.29) is 10.5 Å². The van der Waals surface area contributed by atoms with Gasteiger partial charge in [-0.3, -0.25) is 25.2 Å². The summed E-state index contributed by atoms with van der Waals surface area (Å²) in [5.74, 6) is -1.01. The number of amides is 2. The molecule has 3 N–H and O–H groups in total. The molecule has 1 aromatic heterocycles. The van der Waals surface area contributed by atoms with Crippen LogP contribution in [0.1, 0.15) is 25.7 Å². The molecule has 0 unspecified atom stereocenters. The monoisotopic (exact) mass is 579 g/mol. The third kappa shape index (κ3) is 6.17. The van der Waals surface area contributed by atoms with Gasteiger partial charge in [0.15, 0.2) is 5.13 Å². The Morgan fingerprint density at radius 3 is 2.29 bits per heavy atom. The number of nitrogens with zero attached hydrogens (tertiary/aromatic N) is 2. The van der Waals surface area contributed by atoms with E-state index in [0.717, 1.165) is 9.60 Å². The Hall–Kier alpha value is -3.00. The maximum absolute atomic E-state index is 12.6. The van der Waals surface area contributed by atoms with Crippen molar-refractivity contribution in [2.75, 3.05) is 35.9 Å². The molecule has 1 aliphatic heterocycles. The summed E-state index contributed by atoms with van der Waals surface area (Å²) in [5.41, 5.74) is 5.90. The molecule has 0 atom stereocenters. The van der Waals surface area contributed by atoms with Gasteiger partial charge in [-0.15, -0.1) is 0 Å². The van der Waals surface area contributed by atoms with E-state index in [1.54, 1.807) is 19.1 Å². The van der Waals surface area contributed by atoms with E-state index in [1.807, 2.05) is 0 Å². The van der Waals surface area contributed by atoms with E-state index in [9.17, 15) is 18.0 Å². The van der Waals surface area contributed by atoms with Gasteiger partial charge in [0.25, 0.3) is 21.8 Å². The molecule has 3 aromatic rings. The molecule has 35 heavy (non-hydrogen) atoms. The van der Waals surface area contributed by atoms with Crippen LogP contribution in [0.15, 0.2) is 57.9 Å². The van der Waals surface area contributed by atoms with Crippen molar-refractivity contribution >= 4 is 59.9 Å². The number of sulfonamides is 1. The number of rotatable bonds is 6. The summed E-state index contributed by atoms with van der Waals surface area (Å²) in [7, 11) is -3.77. The average Bonchev–Trinajstić information content (AvgIpc) is 3.25. The number of hydrogen-bond donors (Lipinski definition) is 3. The number of aromatic nitrogens is 1. The zero-order valence-corrected chi connectivity index (χ0v) is 21.8. The fourth-order valence-electron chi connectivity index (χ4n) is 3.24. The highest BCUT2D eigenvalue weighted by Gasteiger charge is 2.21. The molecule has 13 heteroatoms. The molecule has 184 valence electrons. The van der Waals surface area contributed by atoms with E-state index in [2.05, 4.69) is 41.4 Å². The highest BCUT2D eigenvalue weighted by molar-refractivity contribution is 9.10. The van der Waals surface area contributed by atoms with Gasteiger partial charge in [0, 0.05) is 28.8 Å². The zero-order chi connectivity index (χ0) is 25.0. The topological polar surface area (TPSA) is 130 Å². The molecule has 4 rings (SSSR count). The largest absolute Gasteiger partial charge is 0.378 e. The molecule has 0 spiro atoms. The second-order valence-corrected chi connectivity index (χ2v) is 11.1. The van der Waals surface area contributed by atoms with Crippen LogP contribution in [0, 0.1) is 6.92 Å². The number of thiazole rings is 1. The maximum atomic E-state index is 12.6. The Balaban J connectivity index is 1.34. The molecular weight excluding hydrogens is 558 g/mol. The summed E-state index contributed by atoms with van der Waals surface area (Å²) >= 11 is 4.52. The van der Waals surface area contributed by atoms with Crippen molar-refractivity contribution in [3.05, 3.63) is 69.1 Å². The van der Waals surface area contributed by atoms with Crippen LogP contribution in [0.5, 0.6) is 0 Å². The van der Waals surface area contributed by atoms with E-state index in [1.165, 1.54) is 47.7 Å². The van der Waals surface area contributed by atoms with E-state index >= 15 is 0 Å². The van der Waals surface area contributed by atoms with Gasteiger partial charge in [0.2, 0.25) is 0 Å². The van der Waals surface area contributed by atoms with Crippen LogP contribution < -0.4 is 20.5 Å². The van der Waals surface area contributed by atoms with Crippen molar-refractivity contribution < 1.29 is 22.7 Å². The third-order valence-corrected chi connectivity index (χ3v) is 8.23. The molecular formula is C22H22BrN5O5S2. The summed E-state index contributed by atoms with van der Waals surface area (Å²) in [4.78, 5) is 32.1. The molecule has 10 nitrogen and oxygen atoms in total. The van der Waals surface area contributed by atoms with Gasteiger partial charge in [-0.05, 0) is 55.5 Å². The van der Waals surface area contributed by atoms with Crippen molar-refractivity contribution in [2.45, 2.75) is 11.8 Å². The van der Waals surface area contributed by atoms with Crippen molar-refractivity contribution in [2.24, 2.45) is 0 Å². The van der Waals surface area contributed by atoms with E-state index in [0.29, 0.717) is 42.6 Å². The molecule has 0 aliphatic carbocycles. The molecule has 0 saturated carbocycles. The maximum Gasteiger partial charge on any atom is 0.281 e. The van der Waals surface area contributed by atoms with Crippen molar-refractivity contribution in [1.29, 1.82) is 0 Å². The molecule has 2 heterocycles. The first-order chi connectivity index (χ1) is 16.7. The Morgan fingerprint density at radius 1 is 1.00 bits per heavy atom. The summed E-state index contributed by atoms with van der Waals surface area (Å²) < 4.78 is 33.6.